The lowest BCUT2D eigenvalue weighted by atomic mass is 10.2. The average Bonchev–Trinajstić information content (AvgIpc) is 3.39. The summed E-state index contributed by atoms with van der Waals surface area (Å²) in [4.78, 5) is 0. The predicted molar refractivity (Wildman–Crippen MR) is 283 cm³/mol. The van der Waals surface area contributed by atoms with Crippen molar-refractivity contribution in [1.29, 1.82) is 0 Å². The molecule has 72 heavy (non-hydrogen) atoms. The van der Waals surface area contributed by atoms with E-state index in [1.165, 1.54) is 0 Å². The molecule has 0 fully saturated rings. The van der Waals surface area contributed by atoms with Gasteiger partial charge in [-0.25, -0.2) is 0 Å². The summed E-state index contributed by atoms with van der Waals surface area (Å²) in [5, 5.41) is 0. The molecule has 10 aromatic carbocycles. The third kappa shape index (κ3) is 13.1. The number of nitrogen functional groups attached to an aromatic ring is 4. The van der Waals surface area contributed by atoms with Gasteiger partial charge in [-0.3, -0.25) is 0 Å². The van der Waals surface area contributed by atoms with E-state index in [1.54, 1.807) is 48.5 Å². The first-order valence-electron chi connectivity index (χ1n) is 22.7. The average molecular weight is 953 g/mol. The second kappa shape index (κ2) is 22.7. The fourth-order valence-corrected chi connectivity index (χ4v) is 6.90. The molecule has 0 radical (unpaired) electrons. The highest BCUT2D eigenvalue weighted by Gasteiger charge is 2.12. The molecule has 0 atom stereocenters. The summed E-state index contributed by atoms with van der Waals surface area (Å²) in [6.45, 7) is 0. The van der Waals surface area contributed by atoms with Crippen LogP contribution in [0.5, 0.6) is 92.0 Å². The minimum Gasteiger partial charge on any atom is -0.457 e. The van der Waals surface area contributed by atoms with Crippen LogP contribution in [0.1, 0.15) is 0 Å². The number of hydrogen-bond acceptors (Lipinski definition) is 12. The number of rotatable bonds is 16. The minimum atomic E-state index is 0.549. The van der Waals surface area contributed by atoms with Crippen molar-refractivity contribution in [2.45, 2.75) is 0 Å². The standard InChI is InChI=1S/2C30H24N2O4/c31-25-13-1-3-15-27(25)33-21-9-7-11-23(19-21)35-29-17-5-6-18-30(29)36-24-12-8-10-22(20-24)34-28-16-4-2-14-26(28)32;31-21-11-15-23(16-12-21)33-25-5-3-7-27(19-25)35-29-9-1-2-10-30(29)36-28-8-4-6-26(20-28)34-24-17-13-22(32)14-18-24/h2*1-20H,31-32H2. The van der Waals surface area contributed by atoms with Gasteiger partial charge < -0.3 is 60.8 Å². The molecule has 0 saturated carbocycles. The van der Waals surface area contributed by atoms with E-state index in [4.69, 9.17) is 60.8 Å². The Morgan fingerprint density at radius 3 is 0.667 bits per heavy atom. The van der Waals surface area contributed by atoms with Crippen molar-refractivity contribution in [2.24, 2.45) is 0 Å². The second-order valence-corrected chi connectivity index (χ2v) is 15.8. The minimum absolute atomic E-state index is 0.549. The molecular weight excluding hydrogens is 905 g/mol. The van der Waals surface area contributed by atoms with Crippen molar-refractivity contribution in [2.75, 3.05) is 22.9 Å². The predicted octanol–water partition coefficient (Wildman–Crippen LogP) is 16.0. The van der Waals surface area contributed by atoms with Crippen LogP contribution in [-0.2, 0) is 0 Å². The maximum Gasteiger partial charge on any atom is 0.169 e. The van der Waals surface area contributed by atoms with Gasteiger partial charge in [-0.05, 0) is 146 Å². The van der Waals surface area contributed by atoms with Gasteiger partial charge in [-0.15, -0.1) is 0 Å². The molecule has 10 rings (SSSR count). The van der Waals surface area contributed by atoms with Crippen LogP contribution in [0.2, 0.25) is 0 Å². The van der Waals surface area contributed by atoms with Gasteiger partial charge in [-0.1, -0.05) is 72.8 Å². The molecule has 0 heterocycles. The Hall–Kier alpha value is -10.2. The van der Waals surface area contributed by atoms with Crippen LogP contribution in [0.25, 0.3) is 0 Å². The summed E-state index contributed by atoms with van der Waals surface area (Å²) < 4.78 is 48.3. The molecule has 0 saturated heterocycles. The third-order valence-corrected chi connectivity index (χ3v) is 10.4. The molecule has 0 unspecified atom stereocenters. The number of benzene rings is 10. The smallest absolute Gasteiger partial charge is 0.169 e. The summed E-state index contributed by atoms with van der Waals surface area (Å²) in [6, 6.07) is 73.4. The lowest BCUT2D eigenvalue weighted by Crippen LogP contribution is -1.93. The molecule has 10 aromatic rings. The second-order valence-electron chi connectivity index (χ2n) is 15.8. The van der Waals surface area contributed by atoms with E-state index in [1.807, 2.05) is 194 Å². The van der Waals surface area contributed by atoms with Crippen molar-refractivity contribution in [3.63, 3.8) is 0 Å². The zero-order valence-corrected chi connectivity index (χ0v) is 38.7. The van der Waals surface area contributed by atoms with Crippen LogP contribution in [0.4, 0.5) is 22.7 Å². The van der Waals surface area contributed by atoms with Gasteiger partial charge in [-0.2, -0.15) is 0 Å². The highest BCUT2D eigenvalue weighted by Crippen LogP contribution is 2.40. The number of anilines is 4. The molecule has 0 aliphatic carbocycles. The SMILES string of the molecule is Nc1ccc(Oc2cccc(Oc3ccccc3Oc3cccc(Oc4ccc(N)cc4)c3)c2)cc1.Nc1ccccc1Oc1cccc(Oc2ccccc2Oc2cccc(Oc3ccccc3N)c2)c1. The molecule has 0 aromatic heterocycles. The molecule has 0 amide bonds. The molecule has 356 valence electrons. The van der Waals surface area contributed by atoms with Crippen molar-refractivity contribution < 1.29 is 37.9 Å². The first-order chi connectivity index (χ1) is 35.2. The Morgan fingerprint density at radius 2 is 0.403 bits per heavy atom. The largest absolute Gasteiger partial charge is 0.457 e. The van der Waals surface area contributed by atoms with Gasteiger partial charge in [0, 0.05) is 35.6 Å². The van der Waals surface area contributed by atoms with Gasteiger partial charge in [0.05, 0.1) is 11.4 Å². The van der Waals surface area contributed by atoms with Gasteiger partial charge >= 0.3 is 0 Å². The van der Waals surface area contributed by atoms with E-state index in [2.05, 4.69) is 0 Å². The van der Waals surface area contributed by atoms with Gasteiger partial charge in [0.2, 0.25) is 0 Å². The molecule has 0 aliphatic heterocycles. The van der Waals surface area contributed by atoms with Crippen LogP contribution in [-0.4, -0.2) is 0 Å². The molecule has 0 aliphatic rings. The summed E-state index contributed by atoms with van der Waals surface area (Å²) in [5.41, 5.74) is 26.0. The van der Waals surface area contributed by atoms with E-state index in [-0.39, 0.29) is 0 Å². The Bertz CT molecular complexity index is 3160. The molecule has 0 spiro atoms. The van der Waals surface area contributed by atoms with Crippen molar-refractivity contribution in [3.05, 3.63) is 243 Å². The van der Waals surface area contributed by atoms with E-state index < -0.39 is 0 Å². The third-order valence-electron chi connectivity index (χ3n) is 10.4. The summed E-state index contributed by atoms with van der Waals surface area (Å²) >= 11 is 0. The number of hydrogen-bond donors (Lipinski definition) is 4. The van der Waals surface area contributed by atoms with E-state index in [0.717, 1.165) is 0 Å². The normalized spacial score (nSPS) is 10.4. The highest BCUT2D eigenvalue weighted by atomic mass is 16.5. The molecule has 12 heteroatoms. The van der Waals surface area contributed by atoms with Crippen molar-refractivity contribution in [3.8, 4) is 92.0 Å². The molecule has 0 bridgehead atoms. The quantitative estimate of drug-likeness (QED) is 0.0675. The lowest BCUT2D eigenvalue weighted by Gasteiger charge is -2.14. The van der Waals surface area contributed by atoms with Crippen LogP contribution in [0, 0.1) is 0 Å². The fraction of sp³-hybridized carbons (Fsp3) is 0. The topological polar surface area (TPSA) is 178 Å². The Kier molecular flexibility index (Phi) is 14.8. The summed E-state index contributed by atoms with van der Waals surface area (Å²) in [5.74, 6) is 9.66. The monoisotopic (exact) mass is 952 g/mol. The van der Waals surface area contributed by atoms with Crippen LogP contribution in [0.3, 0.4) is 0 Å². The maximum absolute atomic E-state index is 6.15. The summed E-state index contributed by atoms with van der Waals surface area (Å²) in [7, 11) is 0. The van der Waals surface area contributed by atoms with Gasteiger partial charge in [0.1, 0.15) is 69.0 Å². The number of ether oxygens (including phenoxy) is 8. The Balaban J connectivity index is 0.000000178. The van der Waals surface area contributed by atoms with Crippen LogP contribution < -0.4 is 60.8 Å². The van der Waals surface area contributed by atoms with E-state index in [9.17, 15) is 0 Å². The first kappa shape index (κ1) is 46.9. The van der Waals surface area contributed by atoms with Gasteiger partial charge in [0.25, 0.3) is 0 Å². The van der Waals surface area contributed by atoms with Crippen LogP contribution >= 0.6 is 0 Å². The maximum atomic E-state index is 6.15. The van der Waals surface area contributed by atoms with E-state index >= 15 is 0 Å². The number of para-hydroxylation sites is 8. The molecule has 8 N–H and O–H groups in total. The van der Waals surface area contributed by atoms with Crippen molar-refractivity contribution in [1.82, 2.24) is 0 Å². The fourth-order valence-electron chi connectivity index (χ4n) is 6.90. The first-order valence-corrected chi connectivity index (χ1v) is 22.7. The molecule has 12 nitrogen and oxygen atoms in total. The highest BCUT2D eigenvalue weighted by molar-refractivity contribution is 5.56. The van der Waals surface area contributed by atoms with Crippen molar-refractivity contribution >= 4 is 22.7 Å². The Morgan fingerprint density at radius 1 is 0.181 bits per heavy atom. The zero-order chi connectivity index (χ0) is 49.5. The van der Waals surface area contributed by atoms with Gasteiger partial charge in [0.15, 0.2) is 23.0 Å². The lowest BCUT2D eigenvalue weighted by molar-refractivity contribution is 0.412. The van der Waals surface area contributed by atoms with Crippen LogP contribution in [0.15, 0.2) is 243 Å². The number of nitrogens with two attached hydrogens (primary N) is 4. The molecular formula is C60H48N4O8. The summed E-state index contributed by atoms with van der Waals surface area (Å²) in [6.07, 6.45) is 0. The Labute approximate surface area is 416 Å². The van der Waals surface area contributed by atoms with E-state index in [0.29, 0.717) is 115 Å². The zero-order valence-electron chi connectivity index (χ0n) is 38.7.